The van der Waals surface area contributed by atoms with E-state index in [-0.39, 0.29) is 25.4 Å². The molecule has 0 amide bonds. The first-order valence-electron chi connectivity index (χ1n) is 7.92. The molecule has 20 heavy (non-hydrogen) atoms. The molecule has 0 fully saturated rings. The molecule has 0 bridgehead atoms. The predicted molar refractivity (Wildman–Crippen MR) is 83.6 cm³/mol. The van der Waals surface area contributed by atoms with Crippen LogP contribution in [0.15, 0.2) is 0 Å². The SMILES string of the molecule is CC(O)C(C)CCCCO.CC(O)CC(C)CCCO. The first-order chi connectivity index (χ1) is 9.34. The molecular formula is C16H36O4. The monoisotopic (exact) mass is 292 g/mol. The molecule has 0 aromatic carbocycles. The Morgan fingerprint density at radius 2 is 1.30 bits per heavy atom. The zero-order valence-electron chi connectivity index (χ0n) is 13.8. The van der Waals surface area contributed by atoms with E-state index in [1.165, 1.54) is 0 Å². The third kappa shape index (κ3) is 17.8. The molecule has 0 aromatic heterocycles. The highest BCUT2D eigenvalue weighted by Crippen LogP contribution is 2.12. The van der Waals surface area contributed by atoms with Crippen molar-refractivity contribution in [3.05, 3.63) is 0 Å². The van der Waals surface area contributed by atoms with Crippen LogP contribution in [0.2, 0.25) is 0 Å². The van der Waals surface area contributed by atoms with Crippen molar-refractivity contribution in [3.63, 3.8) is 0 Å². The van der Waals surface area contributed by atoms with Crippen LogP contribution in [0.1, 0.15) is 66.2 Å². The number of rotatable bonds is 10. The van der Waals surface area contributed by atoms with Crippen LogP contribution in [0.25, 0.3) is 0 Å². The first kappa shape index (κ1) is 22.1. The molecule has 0 saturated carbocycles. The number of aliphatic hydroxyl groups is 4. The Kier molecular flexibility index (Phi) is 16.9. The summed E-state index contributed by atoms with van der Waals surface area (Å²) in [5.74, 6) is 0.902. The van der Waals surface area contributed by atoms with Gasteiger partial charge in [-0.3, -0.25) is 0 Å². The van der Waals surface area contributed by atoms with Gasteiger partial charge in [-0.1, -0.05) is 20.3 Å². The molecule has 0 aliphatic heterocycles. The van der Waals surface area contributed by atoms with Gasteiger partial charge >= 0.3 is 0 Å². The van der Waals surface area contributed by atoms with E-state index in [9.17, 15) is 0 Å². The van der Waals surface area contributed by atoms with Gasteiger partial charge < -0.3 is 20.4 Å². The minimum absolute atomic E-state index is 0.200. The Morgan fingerprint density at radius 3 is 1.70 bits per heavy atom. The van der Waals surface area contributed by atoms with E-state index >= 15 is 0 Å². The lowest BCUT2D eigenvalue weighted by Crippen LogP contribution is -2.12. The maximum Gasteiger partial charge on any atom is 0.0537 e. The molecule has 0 aromatic rings. The summed E-state index contributed by atoms with van der Waals surface area (Å²) in [7, 11) is 0. The number of aliphatic hydroxyl groups excluding tert-OH is 4. The second kappa shape index (κ2) is 15.2. The van der Waals surface area contributed by atoms with E-state index in [2.05, 4.69) is 6.92 Å². The lowest BCUT2D eigenvalue weighted by Gasteiger charge is -2.13. The van der Waals surface area contributed by atoms with E-state index in [1.807, 2.05) is 13.8 Å². The zero-order chi connectivity index (χ0) is 16.0. The predicted octanol–water partition coefficient (Wildman–Crippen LogP) is 2.33. The maximum absolute atomic E-state index is 9.06. The first-order valence-corrected chi connectivity index (χ1v) is 7.92. The van der Waals surface area contributed by atoms with Crippen LogP contribution in [0.3, 0.4) is 0 Å². The summed E-state index contributed by atoms with van der Waals surface area (Å²) in [4.78, 5) is 0. The van der Waals surface area contributed by atoms with Crippen LogP contribution >= 0.6 is 0 Å². The van der Waals surface area contributed by atoms with Crippen LogP contribution in [-0.2, 0) is 0 Å². The molecule has 0 aliphatic carbocycles. The molecule has 4 atom stereocenters. The fraction of sp³-hybridized carbons (Fsp3) is 1.00. The largest absolute Gasteiger partial charge is 0.396 e. The normalized spacial score (nSPS) is 16.8. The highest BCUT2D eigenvalue weighted by Gasteiger charge is 2.07. The van der Waals surface area contributed by atoms with Crippen LogP contribution in [0.5, 0.6) is 0 Å². The van der Waals surface area contributed by atoms with Crippen LogP contribution in [0, 0.1) is 11.8 Å². The molecule has 0 aliphatic rings. The van der Waals surface area contributed by atoms with Gasteiger partial charge in [0.1, 0.15) is 0 Å². The smallest absolute Gasteiger partial charge is 0.0537 e. The highest BCUT2D eigenvalue weighted by atomic mass is 16.3. The lowest BCUT2D eigenvalue weighted by molar-refractivity contribution is 0.127. The van der Waals surface area contributed by atoms with Crippen molar-refractivity contribution in [1.29, 1.82) is 0 Å². The molecule has 124 valence electrons. The van der Waals surface area contributed by atoms with Gasteiger partial charge in [0.05, 0.1) is 12.2 Å². The van der Waals surface area contributed by atoms with Gasteiger partial charge in [-0.15, -0.1) is 0 Å². The molecule has 4 N–H and O–H groups in total. The Bertz CT molecular complexity index is 183. The van der Waals surface area contributed by atoms with Gasteiger partial charge in [-0.25, -0.2) is 0 Å². The van der Waals surface area contributed by atoms with E-state index < -0.39 is 0 Å². The molecule has 4 unspecified atom stereocenters. The minimum atomic E-state index is -0.210. The van der Waals surface area contributed by atoms with Crippen molar-refractivity contribution in [1.82, 2.24) is 0 Å². The Morgan fingerprint density at radius 1 is 0.750 bits per heavy atom. The molecule has 0 radical (unpaired) electrons. The third-order valence-corrected chi connectivity index (χ3v) is 3.49. The summed E-state index contributed by atoms with van der Waals surface area (Å²) in [6.45, 7) is 8.28. The molecule has 0 saturated heterocycles. The minimum Gasteiger partial charge on any atom is -0.396 e. The van der Waals surface area contributed by atoms with Gasteiger partial charge in [-0.05, 0) is 57.8 Å². The molecule has 4 nitrogen and oxygen atoms in total. The van der Waals surface area contributed by atoms with Crippen LogP contribution < -0.4 is 0 Å². The van der Waals surface area contributed by atoms with Crippen LogP contribution in [0.4, 0.5) is 0 Å². The van der Waals surface area contributed by atoms with Gasteiger partial charge in [0.15, 0.2) is 0 Å². The van der Waals surface area contributed by atoms with Gasteiger partial charge in [0, 0.05) is 13.2 Å². The summed E-state index contributed by atoms with van der Waals surface area (Å²) >= 11 is 0. The Labute approximate surface area is 124 Å². The van der Waals surface area contributed by atoms with E-state index in [0.29, 0.717) is 11.8 Å². The number of unbranched alkanes of at least 4 members (excludes halogenated alkanes) is 1. The second-order valence-electron chi connectivity index (χ2n) is 5.99. The second-order valence-corrected chi connectivity index (χ2v) is 5.99. The van der Waals surface area contributed by atoms with Crippen molar-refractivity contribution < 1.29 is 20.4 Å². The van der Waals surface area contributed by atoms with E-state index in [0.717, 1.165) is 38.5 Å². The summed E-state index contributed by atoms with van der Waals surface area (Å²) < 4.78 is 0. The summed E-state index contributed by atoms with van der Waals surface area (Å²) in [5.41, 5.74) is 0. The van der Waals surface area contributed by atoms with Gasteiger partial charge in [0.2, 0.25) is 0 Å². The summed E-state index contributed by atoms with van der Waals surface area (Å²) in [6.07, 6.45) is 5.19. The number of hydrogen-bond donors (Lipinski definition) is 4. The lowest BCUT2D eigenvalue weighted by atomic mass is 9.99. The standard InChI is InChI=1S/2C8H18O2/c1-7(4-3-5-9)6-8(2)10;1-7(8(2)10)5-3-4-6-9/h2*7-10H,3-6H2,1-2H3. The average Bonchev–Trinajstić information content (AvgIpc) is 2.36. The Balaban J connectivity index is 0. The fourth-order valence-corrected chi connectivity index (χ4v) is 1.96. The Hall–Kier alpha value is -0.160. The van der Waals surface area contributed by atoms with Crippen molar-refractivity contribution in [2.24, 2.45) is 11.8 Å². The van der Waals surface area contributed by atoms with Crippen molar-refractivity contribution in [3.8, 4) is 0 Å². The van der Waals surface area contributed by atoms with Crippen LogP contribution in [-0.4, -0.2) is 45.8 Å². The van der Waals surface area contributed by atoms with Gasteiger partial charge in [-0.2, -0.15) is 0 Å². The number of hydrogen-bond acceptors (Lipinski definition) is 4. The average molecular weight is 292 g/mol. The third-order valence-electron chi connectivity index (χ3n) is 3.49. The molecule has 0 spiro atoms. The fourth-order valence-electron chi connectivity index (χ4n) is 1.96. The van der Waals surface area contributed by atoms with E-state index in [4.69, 9.17) is 20.4 Å². The molecule has 4 heteroatoms. The molecule has 0 rings (SSSR count). The highest BCUT2D eigenvalue weighted by molar-refractivity contribution is 4.58. The maximum atomic E-state index is 9.06. The van der Waals surface area contributed by atoms with Crippen molar-refractivity contribution in [2.75, 3.05) is 13.2 Å². The summed E-state index contributed by atoms with van der Waals surface area (Å²) in [6, 6.07) is 0. The molecule has 0 heterocycles. The van der Waals surface area contributed by atoms with Gasteiger partial charge in [0.25, 0.3) is 0 Å². The quantitative estimate of drug-likeness (QED) is 0.466. The summed E-state index contributed by atoms with van der Waals surface area (Å²) in [5, 5.41) is 35.0. The zero-order valence-corrected chi connectivity index (χ0v) is 13.8. The van der Waals surface area contributed by atoms with Crippen molar-refractivity contribution in [2.45, 2.75) is 78.4 Å². The topological polar surface area (TPSA) is 80.9 Å². The van der Waals surface area contributed by atoms with Crippen molar-refractivity contribution >= 4 is 0 Å². The molecular weight excluding hydrogens is 256 g/mol. The van der Waals surface area contributed by atoms with E-state index in [1.54, 1.807) is 6.92 Å².